The largest absolute Gasteiger partial charge is 0.465 e. The van der Waals surface area contributed by atoms with Crippen molar-refractivity contribution in [3.63, 3.8) is 0 Å². The number of carbonyl (C=O) groups is 1. The minimum Gasteiger partial charge on any atom is -0.465 e. The first-order valence-electron chi connectivity index (χ1n) is 5.27. The Morgan fingerprint density at radius 3 is 2.78 bits per heavy atom. The Morgan fingerprint density at radius 2 is 2.17 bits per heavy atom. The quantitative estimate of drug-likeness (QED) is 0.848. The Labute approximate surface area is 108 Å². The van der Waals surface area contributed by atoms with Crippen LogP contribution in [-0.2, 0) is 4.74 Å². The monoisotopic (exact) mass is 265 g/mol. The van der Waals surface area contributed by atoms with Gasteiger partial charge in [-0.15, -0.1) is 11.3 Å². The Hall–Kier alpha value is -1.88. The first-order chi connectivity index (χ1) is 8.54. The van der Waals surface area contributed by atoms with Gasteiger partial charge in [-0.25, -0.2) is 9.18 Å². The van der Waals surface area contributed by atoms with E-state index in [9.17, 15) is 9.18 Å². The number of hydrogen-bond donors (Lipinski definition) is 1. The van der Waals surface area contributed by atoms with Gasteiger partial charge in [-0.2, -0.15) is 0 Å². The lowest BCUT2D eigenvalue weighted by molar-refractivity contribution is 0.0601. The van der Waals surface area contributed by atoms with Gasteiger partial charge in [0.1, 0.15) is 10.8 Å². The highest BCUT2D eigenvalue weighted by atomic mass is 32.1. The van der Waals surface area contributed by atoms with Crippen LogP contribution < -0.4 is 5.73 Å². The van der Waals surface area contributed by atoms with Gasteiger partial charge in [-0.05, 0) is 30.2 Å². The fraction of sp³-hybridized carbons (Fsp3) is 0.154. The lowest BCUT2D eigenvalue weighted by Crippen LogP contribution is -2.04. The second-order valence-corrected chi connectivity index (χ2v) is 4.85. The van der Waals surface area contributed by atoms with Crippen molar-refractivity contribution in [1.82, 2.24) is 0 Å². The molecule has 0 unspecified atom stereocenters. The molecule has 0 aliphatic carbocycles. The predicted molar refractivity (Wildman–Crippen MR) is 70.2 cm³/mol. The standard InChI is InChI=1S/C13H12FNO2S/c1-7-10(13(16)17-2)12(15)18-11(7)8-4-3-5-9(14)6-8/h3-6H,15H2,1-2H3. The van der Waals surface area contributed by atoms with Crippen molar-refractivity contribution in [2.75, 3.05) is 12.8 Å². The van der Waals surface area contributed by atoms with Crippen molar-refractivity contribution in [3.05, 3.63) is 41.2 Å². The average molecular weight is 265 g/mol. The zero-order chi connectivity index (χ0) is 13.3. The maximum atomic E-state index is 13.2. The van der Waals surface area contributed by atoms with E-state index in [2.05, 4.69) is 4.74 Å². The molecule has 0 aliphatic rings. The molecule has 1 aromatic heterocycles. The van der Waals surface area contributed by atoms with E-state index in [1.54, 1.807) is 19.1 Å². The first-order valence-corrected chi connectivity index (χ1v) is 6.09. The maximum Gasteiger partial charge on any atom is 0.341 e. The highest BCUT2D eigenvalue weighted by Gasteiger charge is 2.20. The number of esters is 1. The van der Waals surface area contributed by atoms with E-state index >= 15 is 0 Å². The van der Waals surface area contributed by atoms with E-state index in [0.717, 1.165) is 10.4 Å². The number of carbonyl (C=O) groups excluding carboxylic acids is 1. The van der Waals surface area contributed by atoms with Gasteiger partial charge >= 0.3 is 5.97 Å². The number of hydrogen-bond acceptors (Lipinski definition) is 4. The van der Waals surface area contributed by atoms with Crippen LogP contribution >= 0.6 is 11.3 Å². The molecule has 0 aliphatic heterocycles. The van der Waals surface area contributed by atoms with Crippen molar-refractivity contribution >= 4 is 22.3 Å². The van der Waals surface area contributed by atoms with Gasteiger partial charge in [-0.1, -0.05) is 12.1 Å². The summed E-state index contributed by atoms with van der Waals surface area (Å²) in [5.74, 6) is -0.789. The van der Waals surface area contributed by atoms with Gasteiger partial charge in [0, 0.05) is 4.88 Å². The van der Waals surface area contributed by atoms with Gasteiger partial charge in [0.05, 0.1) is 12.7 Å². The second-order valence-electron chi connectivity index (χ2n) is 3.80. The Bertz CT molecular complexity index is 607. The lowest BCUT2D eigenvalue weighted by Gasteiger charge is -2.01. The summed E-state index contributed by atoms with van der Waals surface area (Å²) in [5.41, 5.74) is 7.61. The van der Waals surface area contributed by atoms with Crippen LogP contribution in [0.4, 0.5) is 9.39 Å². The van der Waals surface area contributed by atoms with Gasteiger partial charge in [0.25, 0.3) is 0 Å². The van der Waals surface area contributed by atoms with Gasteiger partial charge < -0.3 is 10.5 Å². The summed E-state index contributed by atoms with van der Waals surface area (Å²) >= 11 is 1.26. The van der Waals surface area contributed by atoms with E-state index in [-0.39, 0.29) is 5.82 Å². The highest BCUT2D eigenvalue weighted by Crippen LogP contribution is 2.38. The minimum atomic E-state index is -0.469. The van der Waals surface area contributed by atoms with Crippen molar-refractivity contribution in [1.29, 1.82) is 0 Å². The van der Waals surface area contributed by atoms with Gasteiger partial charge in [0.15, 0.2) is 0 Å². The molecule has 94 valence electrons. The molecule has 0 bridgehead atoms. The Morgan fingerprint density at radius 1 is 1.44 bits per heavy atom. The molecule has 0 radical (unpaired) electrons. The van der Waals surface area contributed by atoms with E-state index < -0.39 is 5.97 Å². The molecule has 0 spiro atoms. The summed E-state index contributed by atoms with van der Waals surface area (Å²) in [5, 5.41) is 0.388. The van der Waals surface area contributed by atoms with Gasteiger partial charge in [-0.3, -0.25) is 0 Å². The summed E-state index contributed by atoms with van der Waals surface area (Å²) < 4.78 is 17.9. The molecule has 0 saturated heterocycles. The third-order valence-corrected chi connectivity index (χ3v) is 3.82. The fourth-order valence-corrected chi connectivity index (χ4v) is 2.86. The normalized spacial score (nSPS) is 10.4. The van der Waals surface area contributed by atoms with Crippen LogP contribution in [0.3, 0.4) is 0 Å². The molecule has 5 heteroatoms. The SMILES string of the molecule is COC(=O)c1c(N)sc(-c2cccc(F)c2)c1C. The molecule has 0 atom stereocenters. The molecular weight excluding hydrogens is 253 g/mol. The molecule has 2 rings (SSSR count). The number of nitrogen functional groups attached to an aromatic ring is 1. The molecule has 0 fully saturated rings. The van der Waals surface area contributed by atoms with Crippen molar-refractivity contribution in [2.24, 2.45) is 0 Å². The van der Waals surface area contributed by atoms with Crippen LogP contribution in [0.2, 0.25) is 0 Å². The average Bonchev–Trinajstić information content (AvgIpc) is 2.64. The fourth-order valence-electron chi connectivity index (χ4n) is 1.80. The highest BCUT2D eigenvalue weighted by molar-refractivity contribution is 7.19. The second kappa shape index (κ2) is 4.78. The van der Waals surface area contributed by atoms with E-state index in [1.807, 2.05) is 0 Å². The van der Waals surface area contributed by atoms with Crippen LogP contribution in [0.25, 0.3) is 10.4 Å². The number of methoxy groups -OCH3 is 1. The molecule has 1 heterocycles. The first kappa shape index (κ1) is 12.6. The zero-order valence-electron chi connectivity index (χ0n) is 9.99. The predicted octanol–water partition coefficient (Wildman–Crippen LogP) is 3.23. The molecule has 0 amide bonds. The Kier molecular flexibility index (Phi) is 3.34. The number of ether oxygens (including phenoxy) is 1. The molecule has 2 aromatic rings. The summed E-state index contributed by atoms with van der Waals surface area (Å²) in [6.45, 7) is 1.78. The van der Waals surface area contributed by atoms with Gasteiger partial charge in [0.2, 0.25) is 0 Å². The van der Waals surface area contributed by atoms with Crippen molar-refractivity contribution in [2.45, 2.75) is 6.92 Å². The topological polar surface area (TPSA) is 52.3 Å². The summed E-state index contributed by atoms with van der Waals surface area (Å²) in [7, 11) is 1.31. The van der Waals surface area contributed by atoms with Crippen molar-refractivity contribution < 1.29 is 13.9 Å². The van der Waals surface area contributed by atoms with Crippen LogP contribution in [0.5, 0.6) is 0 Å². The van der Waals surface area contributed by atoms with Crippen molar-refractivity contribution in [3.8, 4) is 10.4 Å². The van der Waals surface area contributed by atoms with Crippen LogP contribution in [0.1, 0.15) is 15.9 Å². The van der Waals surface area contributed by atoms with E-state index in [0.29, 0.717) is 16.1 Å². The third kappa shape index (κ3) is 2.09. The van der Waals surface area contributed by atoms with Crippen LogP contribution in [0.15, 0.2) is 24.3 Å². The minimum absolute atomic E-state index is 0.321. The molecule has 2 N–H and O–H groups in total. The number of nitrogens with two attached hydrogens (primary N) is 1. The summed E-state index contributed by atoms with van der Waals surface area (Å²) in [6, 6.07) is 6.19. The number of benzene rings is 1. The maximum absolute atomic E-state index is 13.2. The Balaban J connectivity index is 2.57. The summed E-state index contributed by atoms with van der Waals surface area (Å²) in [4.78, 5) is 12.4. The van der Waals surface area contributed by atoms with Crippen LogP contribution in [0, 0.1) is 12.7 Å². The molecule has 0 saturated carbocycles. The van der Waals surface area contributed by atoms with E-state index in [4.69, 9.17) is 5.73 Å². The number of halogens is 1. The van der Waals surface area contributed by atoms with Crippen LogP contribution in [-0.4, -0.2) is 13.1 Å². The number of thiophene rings is 1. The third-order valence-electron chi connectivity index (χ3n) is 2.65. The number of rotatable bonds is 2. The molecule has 18 heavy (non-hydrogen) atoms. The smallest absolute Gasteiger partial charge is 0.341 e. The molecule has 1 aromatic carbocycles. The molecular formula is C13H12FNO2S. The lowest BCUT2D eigenvalue weighted by atomic mass is 10.1. The summed E-state index contributed by atoms with van der Waals surface area (Å²) in [6.07, 6.45) is 0. The zero-order valence-corrected chi connectivity index (χ0v) is 10.8. The number of anilines is 1. The van der Waals surface area contributed by atoms with E-state index in [1.165, 1.54) is 30.6 Å². The molecule has 3 nitrogen and oxygen atoms in total.